The standard InChI is InChI=1S/C21H22N2O2/c24-20(18-8-2-1-3-9-18)11-6-12-21(25)22-14-16-23-15-13-17-7-4-5-10-19(17)23/h1-5,7-10,13,15H,6,11-12,14,16H2,(H,22,25). The Balaban J connectivity index is 1.38. The number of para-hydroxylation sites is 1. The molecule has 128 valence electrons. The first-order valence-corrected chi connectivity index (χ1v) is 8.63. The van der Waals surface area contributed by atoms with Gasteiger partial charge < -0.3 is 9.88 Å². The Morgan fingerprint density at radius 3 is 2.48 bits per heavy atom. The SMILES string of the molecule is O=C(CCCC(=O)c1ccccc1)NCCn1ccc2ccccc21. The first-order valence-electron chi connectivity index (χ1n) is 8.63. The molecule has 3 aromatic rings. The third kappa shape index (κ3) is 4.57. The molecule has 0 bridgehead atoms. The van der Waals surface area contributed by atoms with Crippen LogP contribution in [0.1, 0.15) is 29.6 Å². The maximum atomic E-state index is 12.0. The monoisotopic (exact) mass is 334 g/mol. The van der Waals surface area contributed by atoms with Crippen LogP contribution in [0.4, 0.5) is 0 Å². The van der Waals surface area contributed by atoms with Gasteiger partial charge in [0, 0.05) is 43.2 Å². The summed E-state index contributed by atoms with van der Waals surface area (Å²) in [6.07, 6.45) is 3.39. The second-order valence-corrected chi connectivity index (χ2v) is 6.06. The summed E-state index contributed by atoms with van der Waals surface area (Å²) in [6.45, 7) is 1.33. The van der Waals surface area contributed by atoms with E-state index in [4.69, 9.17) is 0 Å². The van der Waals surface area contributed by atoms with Crippen LogP contribution in [0.5, 0.6) is 0 Å². The number of hydrogen-bond donors (Lipinski definition) is 1. The Morgan fingerprint density at radius 1 is 0.880 bits per heavy atom. The largest absolute Gasteiger partial charge is 0.354 e. The summed E-state index contributed by atoms with van der Waals surface area (Å²) >= 11 is 0. The summed E-state index contributed by atoms with van der Waals surface area (Å²) in [4.78, 5) is 23.9. The first kappa shape index (κ1) is 17.0. The third-order valence-electron chi connectivity index (χ3n) is 4.26. The lowest BCUT2D eigenvalue weighted by Gasteiger charge is -2.07. The van der Waals surface area contributed by atoms with Gasteiger partial charge in [0.1, 0.15) is 0 Å². The molecule has 0 atom stereocenters. The van der Waals surface area contributed by atoms with E-state index in [0.717, 1.165) is 6.54 Å². The quantitative estimate of drug-likeness (QED) is 0.637. The van der Waals surface area contributed by atoms with Gasteiger partial charge >= 0.3 is 0 Å². The average molecular weight is 334 g/mol. The second-order valence-electron chi connectivity index (χ2n) is 6.06. The molecule has 0 aliphatic rings. The van der Waals surface area contributed by atoms with Crippen LogP contribution in [0.2, 0.25) is 0 Å². The Morgan fingerprint density at radius 2 is 1.64 bits per heavy atom. The van der Waals surface area contributed by atoms with Crippen LogP contribution in [0.3, 0.4) is 0 Å². The van der Waals surface area contributed by atoms with E-state index >= 15 is 0 Å². The fourth-order valence-corrected chi connectivity index (χ4v) is 2.92. The summed E-state index contributed by atoms with van der Waals surface area (Å²) in [7, 11) is 0. The van der Waals surface area contributed by atoms with Gasteiger partial charge in [-0.25, -0.2) is 0 Å². The summed E-state index contributed by atoms with van der Waals surface area (Å²) in [6, 6.07) is 19.5. The van der Waals surface area contributed by atoms with E-state index in [1.54, 1.807) is 0 Å². The molecule has 0 unspecified atom stereocenters. The highest BCUT2D eigenvalue weighted by atomic mass is 16.1. The zero-order chi connectivity index (χ0) is 17.5. The highest BCUT2D eigenvalue weighted by molar-refractivity contribution is 5.96. The molecule has 1 amide bonds. The summed E-state index contributed by atoms with van der Waals surface area (Å²) in [5.41, 5.74) is 1.88. The van der Waals surface area contributed by atoms with E-state index in [1.807, 2.05) is 48.7 Å². The third-order valence-corrected chi connectivity index (χ3v) is 4.26. The van der Waals surface area contributed by atoms with Crippen molar-refractivity contribution in [2.45, 2.75) is 25.8 Å². The van der Waals surface area contributed by atoms with Crippen LogP contribution in [0, 0.1) is 0 Å². The lowest BCUT2D eigenvalue weighted by molar-refractivity contribution is -0.121. The van der Waals surface area contributed by atoms with E-state index in [-0.39, 0.29) is 11.7 Å². The van der Waals surface area contributed by atoms with Crippen LogP contribution < -0.4 is 5.32 Å². The predicted octanol–water partition coefficient (Wildman–Crippen LogP) is 3.81. The summed E-state index contributed by atoms with van der Waals surface area (Å²) < 4.78 is 2.13. The minimum absolute atomic E-state index is 0.00248. The number of nitrogens with zero attached hydrogens (tertiary/aromatic N) is 1. The van der Waals surface area contributed by atoms with Crippen LogP contribution in [0.25, 0.3) is 10.9 Å². The number of rotatable bonds is 8. The molecule has 0 saturated carbocycles. The van der Waals surface area contributed by atoms with Crippen LogP contribution >= 0.6 is 0 Å². The van der Waals surface area contributed by atoms with Crippen molar-refractivity contribution >= 4 is 22.6 Å². The molecule has 1 N–H and O–H groups in total. The molecule has 0 saturated heterocycles. The van der Waals surface area contributed by atoms with Crippen molar-refractivity contribution in [2.24, 2.45) is 0 Å². The number of carbonyl (C=O) groups is 2. The van der Waals surface area contributed by atoms with Gasteiger partial charge in [0.25, 0.3) is 0 Å². The molecule has 1 aromatic heterocycles. The molecule has 0 fully saturated rings. The summed E-state index contributed by atoms with van der Waals surface area (Å²) in [5.74, 6) is 0.0875. The minimum Gasteiger partial charge on any atom is -0.354 e. The molecule has 2 aromatic carbocycles. The van der Waals surface area contributed by atoms with E-state index in [9.17, 15) is 9.59 Å². The normalized spacial score (nSPS) is 10.7. The Hall–Kier alpha value is -2.88. The number of aromatic nitrogens is 1. The molecule has 1 heterocycles. The van der Waals surface area contributed by atoms with E-state index in [2.05, 4.69) is 28.1 Å². The van der Waals surface area contributed by atoms with Gasteiger partial charge in [0.15, 0.2) is 5.78 Å². The van der Waals surface area contributed by atoms with Crippen molar-refractivity contribution in [2.75, 3.05) is 6.54 Å². The number of Topliss-reactive ketones (excluding diaryl/α,β-unsaturated/α-hetero) is 1. The Bertz CT molecular complexity index is 852. The van der Waals surface area contributed by atoms with Gasteiger partial charge in [-0.3, -0.25) is 9.59 Å². The molecular weight excluding hydrogens is 312 g/mol. The van der Waals surface area contributed by atoms with Crippen LogP contribution in [0.15, 0.2) is 66.9 Å². The lowest BCUT2D eigenvalue weighted by Crippen LogP contribution is -2.26. The number of benzene rings is 2. The number of fused-ring (bicyclic) bond motifs is 1. The van der Waals surface area contributed by atoms with Gasteiger partial charge in [0.2, 0.25) is 5.91 Å². The van der Waals surface area contributed by atoms with Gasteiger partial charge in [0.05, 0.1) is 0 Å². The highest BCUT2D eigenvalue weighted by Crippen LogP contribution is 2.14. The first-order chi connectivity index (χ1) is 12.2. The average Bonchev–Trinajstić information content (AvgIpc) is 3.06. The maximum absolute atomic E-state index is 12.0. The topological polar surface area (TPSA) is 51.1 Å². The summed E-state index contributed by atoms with van der Waals surface area (Å²) in [5, 5.41) is 4.13. The molecule has 0 spiro atoms. The smallest absolute Gasteiger partial charge is 0.220 e. The van der Waals surface area contributed by atoms with Crippen molar-refractivity contribution in [3.8, 4) is 0 Å². The number of nitrogens with one attached hydrogen (secondary N) is 1. The predicted molar refractivity (Wildman–Crippen MR) is 99.6 cm³/mol. The second kappa shape index (κ2) is 8.29. The van der Waals surface area contributed by atoms with Gasteiger partial charge in [-0.1, -0.05) is 48.5 Å². The van der Waals surface area contributed by atoms with Gasteiger partial charge in [-0.15, -0.1) is 0 Å². The van der Waals surface area contributed by atoms with E-state index < -0.39 is 0 Å². The molecule has 4 nitrogen and oxygen atoms in total. The fourth-order valence-electron chi connectivity index (χ4n) is 2.92. The fraction of sp³-hybridized carbons (Fsp3) is 0.238. The van der Waals surface area contributed by atoms with Crippen LogP contribution in [-0.2, 0) is 11.3 Å². The van der Waals surface area contributed by atoms with Crippen molar-refractivity contribution in [3.63, 3.8) is 0 Å². The van der Waals surface area contributed by atoms with Crippen molar-refractivity contribution in [1.29, 1.82) is 0 Å². The van der Waals surface area contributed by atoms with Crippen molar-refractivity contribution in [1.82, 2.24) is 9.88 Å². The van der Waals surface area contributed by atoms with Crippen molar-refractivity contribution in [3.05, 3.63) is 72.4 Å². The zero-order valence-corrected chi connectivity index (χ0v) is 14.2. The van der Waals surface area contributed by atoms with Crippen LogP contribution in [-0.4, -0.2) is 22.8 Å². The zero-order valence-electron chi connectivity index (χ0n) is 14.2. The van der Waals surface area contributed by atoms with E-state index in [1.165, 1.54) is 10.9 Å². The number of amides is 1. The number of hydrogen-bond acceptors (Lipinski definition) is 2. The van der Waals surface area contributed by atoms with Gasteiger partial charge in [-0.2, -0.15) is 0 Å². The Labute approximate surface area is 147 Å². The number of carbonyl (C=O) groups excluding carboxylic acids is 2. The number of ketones is 1. The minimum atomic E-state index is -0.00248. The highest BCUT2D eigenvalue weighted by Gasteiger charge is 2.07. The molecule has 0 aliphatic heterocycles. The molecular formula is C21H22N2O2. The van der Waals surface area contributed by atoms with E-state index in [0.29, 0.717) is 31.4 Å². The Kier molecular flexibility index (Phi) is 5.62. The van der Waals surface area contributed by atoms with Gasteiger partial charge in [-0.05, 0) is 23.9 Å². The maximum Gasteiger partial charge on any atom is 0.220 e. The molecule has 0 radical (unpaired) electrons. The molecule has 3 rings (SSSR count). The lowest BCUT2D eigenvalue weighted by atomic mass is 10.1. The molecule has 0 aliphatic carbocycles. The molecule has 4 heteroatoms. The van der Waals surface area contributed by atoms with Crippen molar-refractivity contribution < 1.29 is 9.59 Å². The molecule has 25 heavy (non-hydrogen) atoms.